The van der Waals surface area contributed by atoms with Crippen LogP contribution in [-0.4, -0.2) is 34.2 Å². The van der Waals surface area contributed by atoms with Crippen LogP contribution in [0.15, 0.2) is 36.0 Å². The molecule has 102 valence electrons. The third kappa shape index (κ3) is 3.58. The lowest BCUT2D eigenvalue weighted by Crippen LogP contribution is -2.35. The first kappa shape index (κ1) is 13.6. The summed E-state index contributed by atoms with van der Waals surface area (Å²) in [6.07, 6.45) is 5.89. The Hall–Kier alpha value is -1.80. The standard InChI is InChI=1S/C11H15N5O2S/c1-9-3-11(5-12-4-9)19(17,18)15-10(2)6-16-8-13-7-14-16/h3-5,7-8,10,15H,6H2,1-2H3. The Morgan fingerprint density at radius 3 is 2.79 bits per heavy atom. The summed E-state index contributed by atoms with van der Waals surface area (Å²) in [5.74, 6) is 0. The number of hydrogen-bond acceptors (Lipinski definition) is 5. The van der Waals surface area contributed by atoms with E-state index in [1.165, 1.54) is 12.5 Å². The average Bonchev–Trinajstić information content (AvgIpc) is 2.81. The van der Waals surface area contributed by atoms with Gasteiger partial charge in [-0.05, 0) is 25.5 Å². The molecule has 2 aromatic heterocycles. The third-order valence-electron chi connectivity index (χ3n) is 2.44. The minimum Gasteiger partial charge on any atom is -0.263 e. The Morgan fingerprint density at radius 1 is 1.37 bits per heavy atom. The van der Waals surface area contributed by atoms with E-state index >= 15 is 0 Å². The van der Waals surface area contributed by atoms with Gasteiger partial charge in [0.25, 0.3) is 0 Å². The molecule has 0 fully saturated rings. The van der Waals surface area contributed by atoms with Crippen LogP contribution in [0.2, 0.25) is 0 Å². The first-order valence-corrected chi connectivity index (χ1v) is 7.22. The van der Waals surface area contributed by atoms with Crippen molar-refractivity contribution in [2.45, 2.75) is 31.3 Å². The molecule has 0 aliphatic carbocycles. The van der Waals surface area contributed by atoms with E-state index in [0.29, 0.717) is 6.54 Å². The first-order valence-electron chi connectivity index (χ1n) is 5.74. The molecule has 0 spiro atoms. The topological polar surface area (TPSA) is 89.8 Å². The maximum absolute atomic E-state index is 12.1. The summed E-state index contributed by atoms with van der Waals surface area (Å²) >= 11 is 0. The highest BCUT2D eigenvalue weighted by molar-refractivity contribution is 7.89. The molecule has 1 atom stereocenters. The number of pyridine rings is 1. The van der Waals surface area contributed by atoms with Crippen LogP contribution in [0.25, 0.3) is 0 Å². The molecule has 1 unspecified atom stereocenters. The fraction of sp³-hybridized carbons (Fsp3) is 0.364. The molecule has 0 aliphatic heterocycles. The van der Waals surface area contributed by atoms with Crippen LogP contribution in [0, 0.1) is 6.92 Å². The van der Waals surface area contributed by atoms with E-state index in [1.807, 2.05) is 0 Å². The van der Waals surface area contributed by atoms with Gasteiger partial charge in [0.15, 0.2) is 0 Å². The second-order valence-corrected chi connectivity index (χ2v) is 6.05. The predicted octanol–water partition coefficient (Wildman–Crippen LogP) is 0.349. The monoisotopic (exact) mass is 281 g/mol. The van der Waals surface area contributed by atoms with Crippen molar-refractivity contribution in [3.05, 3.63) is 36.7 Å². The average molecular weight is 281 g/mol. The molecule has 2 heterocycles. The fourth-order valence-electron chi connectivity index (χ4n) is 1.65. The van der Waals surface area contributed by atoms with Crippen molar-refractivity contribution in [3.8, 4) is 0 Å². The van der Waals surface area contributed by atoms with E-state index in [0.717, 1.165) is 5.56 Å². The summed E-state index contributed by atoms with van der Waals surface area (Å²) in [5.41, 5.74) is 0.798. The summed E-state index contributed by atoms with van der Waals surface area (Å²) in [7, 11) is -3.56. The van der Waals surface area contributed by atoms with Crippen molar-refractivity contribution < 1.29 is 8.42 Å². The van der Waals surface area contributed by atoms with Gasteiger partial charge in [0, 0.05) is 18.4 Å². The second-order valence-electron chi connectivity index (χ2n) is 4.34. The van der Waals surface area contributed by atoms with Gasteiger partial charge in [-0.15, -0.1) is 0 Å². The van der Waals surface area contributed by atoms with Crippen LogP contribution in [0.5, 0.6) is 0 Å². The lowest BCUT2D eigenvalue weighted by atomic mass is 10.3. The van der Waals surface area contributed by atoms with Gasteiger partial charge in [0.1, 0.15) is 17.6 Å². The van der Waals surface area contributed by atoms with Crippen LogP contribution < -0.4 is 4.72 Å². The highest BCUT2D eigenvalue weighted by Crippen LogP contribution is 2.09. The SMILES string of the molecule is Cc1cncc(S(=O)(=O)NC(C)Cn2cncn2)c1. The zero-order valence-corrected chi connectivity index (χ0v) is 11.5. The molecule has 0 radical (unpaired) electrons. The van der Waals surface area contributed by atoms with E-state index in [9.17, 15) is 8.42 Å². The van der Waals surface area contributed by atoms with Gasteiger partial charge in [-0.2, -0.15) is 5.10 Å². The lowest BCUT2D eigenvalue weighted by molar-refractivity contribution is 0.493. The molecule has 0 saturated heterocycles. The van der Waals surface area contributed by atoms with Crippen molar-refractivity contribution in [3.63, 3.8) is 0 Å². The number of nitrogens with zero attached hydrogens (tertiary/aromatic N) is 4. The lowest BCUT2D eigenvalue weighted by Gasteiger charge is -2.14. The minimum absolute atomic E-state index is 0.165. The van der Waals surface area contributed by atoms with Crippen molar-refractivity contribution in [2.24, 2.45) is 0 Å². The van der Waals surface area contributed by atoms with Gasteiger partial charge in [-0.3, -0.25) is 9.67 Å². The first-order chi connectivity index (χ1) is 8.97. The van der Waals surface area contributed by atoms with Crippen LogP contribution in [-0.2, 0) is 16.6 Å². The summed E-state index contributed by atoms with van der Waals surface area (Å²) in [6.45, 7) is 3.98. The van der Waals surface area contributed by atoms with E-state index in [2.05, 4.69) is 19.8 Å². The van der Waals surface area contributed by atoms with Crippen molar-refractivity contribution in [2.75, 3.05) is 0 Å². The van der Waals surface area contributed by atoms with Gasteiger partial charge in [0.2, 0.25) is 10.0 Å². The number of hydrogen-bond donors (Lipinski definition) is 1. The molecule has 1 N–H and O–H groups in total. The maximum atomic E-state index is 12.1. The fourth-order valence-corrected chi connectivity index (χ4v) is 2.93. The molecule has 0 aliphatic rings. The molecule has 8 heteroatoms. The molecule has 0 bridgehead atoms. The molecular formula is C11H15N5O2S. The molecule has 0 amide bonds. The highest BCUT2D eigenvalue weighted by Gasteiger charge is 2.18. The molecule has 2 aromatic rings. The zero-order valence-electron chi connectivity index (χ0n) is 10.7. The Balaban J connectivity index is 2.09. The predicted molar refractivity (Wildman–Crippen MR) is 68.8 cm³/mol. The Bertz CT molecular complexity index is 639. The molecule has 7 nitrogen and oxygen atoms in total. The summed E-state index contributed by atoms with van der Waals surface area (Å²) in [5, 5.41) is 3.93. The van der Waals surface area contributed by atoms with Crippen LogP contribution >= 0.6 is 0 Å². The summed E-state index contributed by atoms with van der Waals surface area (Å²) in [4.78, 5) is 7.86. The van der Waals surface area contributed by atoms with Gasteiger partial charge < -0.3 is 0 Å². The van der Waals surface area contributed by atoms with E-state index in [4.69, 9.17) is 0 Å². The zero-order chi connectivity index (χ0) is 13.9. The smallest absolute Gasteiger partial charge is 0.242 e. The van der Waals surface area contributed by atoms with E-state index < -0.39 is 10.0 Å². The third-order valence-corrected chi connectivity index (χ3v) is 4.00. The van der Waals surface area contributed by atoms with Crippen LogP contribution in [0.4, 0.5) is 0 Å². The quantitative estimate of drug-likeness (QED) is 0.854. The molecule has 19 heavy (non-hydrogen) atoms. The van der Waals surface area contributed by atoms with E-state index in [-0.39, 0.29) is 10.9 Å². The molecule has 0 saturated carbocycles. The van der Waals surface area contributed by atoms with Crippen molar-refractivity contribution in [1.82, 2.24) is 24.5 Å². The van der Waals surface area contributed by atoms with Gasteiger partial charge in [-0.25, -0.2) is 18.1 Å². The normalized spacial score (nSPS) is 13.4. The number of aromatic nitrogens is 4. The highest BCUT2D eigenvalue weighted by atomic mass is 32.2. The van der Waals surface area contributed by atoms with Gasteiger partial charge >= 0.3 is 0 Å². The maximum Gasteiger partial charge on any atom is 0.242 e. The number of rotatable bonds is 5. The Kier molecular flexibility index (Phi) is 3.91. The molecule has 2 rings (SSSR count). The van der Waals surface area contributed by atoms with Crippen molar-refractivity contribution in [1.29, 1.82) is 0 Å². The Labute approximate surface area is 111 Å². The number of sulfonamides is 1. The van der Waals surface area contributed by atoms with Gasteiger partial charge in [0.05, 0.1) is 6.54 Å². The number of nitrogens with one attached hydrogen (secondary N) is 1. The largest absolute Gasteiger partial charge is 0.263 e. The summed E-state index contributed by atoms with van der Waals surface area (Å²) in [6, 6.07) is 1.28. The van der Waals surface area contributed by atoms with Crippen molar-refractivity contribution >= 4 is 10.0 Å². The van der Waals surface area contributed by atoms with Crippen LogP contribution in [0.1, 0.15) is 12.5 Å². The molecule has 0 aromatic carbocycles. The minimum atomic E-state index is -3.56. The summed E-state index contributed by atoms with van der Waals surface area (Å²) < 4.78 is 28.4. The second kappa shape index (κ2) is 5.45. The Morgan fingerprint density at radius 2 is 2.16 bits per heavy atom. The van der Waals surface area contributed by atoms with E-state index in [1.54, 1.807) is 37.1 Å². The van der Waals surface area contributed by atoms with Crippen LogP contribution in [0.3, 0.4) is 0 Å². The van der Waals surface area contributed by atoms with Gasteiger partial charge in [-0.1, -0.05) is 0 Å². The number of aryl methyl sites for hydroxylation is 1. The molecular weight excluding hydrogens is 266 g/mol.